The summed E-state index contributed by atoms with van der Waals surface area (Å²) >= 11 is 5.22. The molecule has 1 saturated heterocycles. The molecule has 1 fully saturated rings. The normalized spacial score (nSPS) is 18.7. The van der Waals surface area contributed by atoms with E-state index in [1.807, 2.05) is 12.1 Å². The standard InChI is InChI=1S/C14H15BrN2OS/c1-18-13-5-4-9(7-10(13)15)14-17-12(8-19-14)11-3-2-6-16-11/h4-5,7-8,11,16H,2-3,6H2,1H3/t11-/m0/s1. The van der Waals surface area contributed by atoms with Crippen molar-refractivity contribution in [1.29, 1.82) is 0 Å². The first-order chi connectivity index (χ1) is 9.28. The van der Waals surface area contributed by atoms with Crippen molar-refractivity contribution in [3.05, 3.63) is 33.7 Å². The van der Waals surface area contributed by atoms with Crippen molar-refractivity contribution in [3.63, 3.8) is 0 Å². The molecular formula is C14H15BrN2OS. The number of nitrogens with one attached hydrogen (secondary N) is 1. The van der Waals surface area contributed by atoms with Gasteiger partial charge in [0.2, 0.25) is 0 Å². The fourth-order valence-corrected chi connectivity index (χ4v) is 3.73. The summed E-state index contributed by atoms with van der Waals surface area (Å²) in [4.78, 5) is 4.75. The van der Waals surface area contributed by atoms with Crippen molar-refractivity contribution in [2.24, 2.45) is 0 Å². The number of halogens is 1. The van der Waals surface area contributed by atoms with Crippen LogP contribution in [-0.2, 0) is 0 Å². The van der Waals surface area contributed by atoms with E-state index in [1.54, 1.807) is 18.4 Å². The second-order valence-corrected chi connectivity index (χ2v) is 6.29. The summed E-state index contributed by atoms with van der Waals surface area (Å²) in [5, 5.41) is 6.71. The number of thiazole rings is 1. The first-order valence-electron chi connectivity index (χ1n) is 6.30. The Morgan fingerprint density at radius 3 is 3.05 bits per heavy atom. The number of nitrogens with zero attached hydrogens (tertiary/aromatic N) is 1. The summed E-state index contributed by atoms with van der Waals surface area (Å²) in [6, 6.07) is 6.51. The van der Waals surface area contributed by atoms with Gasteiger partial charge in [0.25, 0.3) is 0 Å². The third kappa shape index (κ3) is 2.68. The van der Waals surface area contributed by atoms with E-state index in [1.165, 1.54) is 18.5 Å². The van der Waals surface area contributed by atoms with Gasteiger partial charge in [-0.3, -0.25) is 0 Å². The van der Waals surface area contributed by atoms with E-state index in [4.69, 9.17) is 9.72 Å². The Balaban J connectivity index is 1.87. The van der Waals surface area contributed by atoms with Crippen molar-refractivity contribution < 1.29 is 4.74 Å². The van der Waals surface area contributed by atoms with E-state index in [2.05, 4.69) is 32.7 Å². The van der Waals surface area contributed by atoms with Crippen LogP contribution in [0.2, 0.25) is 0 Å². The molecule has 0 amide bonds. The molecule has 0 saturated carbocycles. The van der Waals surface area contributed by atoms with E-state index < -0.39 is 0 Å². The van der Waals surface area contributed by atoms with Crippen molar-refractivity contribution in [3.8, 4) is 16.3 Å². The van der Waals surface area contributed by atoms with Gasteiger partial charge >= 0.3 is 0 Å². The molecule has 2 aromatic rings. The molecule has 3 rings (SSSR count). The van der Waals surface area contributed by atoms with Crippen LogP contribution in [-0.4, -0.2) is 18.6 Å². The quantitative estimate of drug-likeness (QED) is 0.918. The minimum absolute atomic E-state index is 0.437. The summed E-state index contributed by atoms with van der Waals surface area (Å²) in [5.74, 6) is 0.845. The van der Waals surface area contributed by atoms with Gasteiger partial charge in [-0.25, -0.2) is 4.98 Å². The number of rotatable bonds is 3. The van der Waals surface area contributed by atoms with Gasteiger partial charge in [0.05, 0.1) is 23.3 Å². The molecule has 5 heteroatoms. The Morgan fingerprint density at radius 2 is 2.37 bits per heavy atom. The predicted molar refractivity (Wildman–Crippen MR) is 81.8 cm³/mol. The van der Waals surface area contributed by atoms with Crippen molar-refractivity contribution in [2.75, 3.05) is 13.7 Å². The fourth-order valence-electron chi connectivity index (χ4n) is 2.32. The maximum absolute atomic E-state index is 5.25. The highest BCUT2D eigenvalue weighted by Crippen LogP contribution is 2.33. The molecule has 3 nitrogen and oxygen atoms in total. The van der Waals surface area contributed by atoms with E-state index >= 15 is 0 Å². The Bertz CT molecular complexity index is 579. The highest BCUT2D eigenvalue weighted by atomic mass is 79.9. The van der Waals surface area contributed by atoms with Gasteiger partial charge in [-0.15, -0.1) is 11.3 Å². The smallest absolute Gasteiger partial charge is 0.133 e. The lowest BCUT2D eigenvalue weighted by Crippen LogP contribution is -2.12. The maximum Gasteiger partial charge on any atom is 0.133 e. The van der Waals surface area contributed by atoms with Gasteiger partial charge in [-0.05, 0) is 53.5 Å². The second kappa shape index (κ2) is 5.61. The van der Waals surface area contributed by atoms with Crippen molar-refractivity contribution in [1.82, 2.24) is 10.3 Å². The van der Waals surface area contributed by atoms with Gasteiger partial charge in [0, 0.05) is 10.9 Å². The minimum Gasteiger partial charge on any atom is -0.496 e. The van der Waals surface area contributed by atoms with Crippen LogP contribution in [0.15, 0.2) is 28.1 Å². The summed E-state index contributed by atoms with van der Waals surface area (Å²) in [5.41, 5.74) is 2.30. The van der Waals surface area contributed by atoms with E-state index in [9.17, 15) is 0 Å². The average Bonchev–Trinajstić information content (AvgIpc) is 3.09. The maximum atomic E-state index is 5.25. The van der Waals surface area contributed by atoms with Gasteiger partial charge in [-0.2, -0.15) is 0 Å². The molecule has 0 bridgehead atoms. The number of aromatic nitrogens is 1. The van der Waals surface area contributed by atoms with Gasteiger partial charge in [0.15, 0.2) is 0 Å². The summed E-state index contributed by atoms with van der Waals surface area (Å²) in [6.07, 6.45) is 2.43. The van der Waals surface area contributed by atoms with E-state index in [0.717, 1.165) is 27.3 Å². The third-order valence-electron chi connectivity index (χ3n) is 3.34. The van der Waals surface area contributed by atoms with Crippen molar-refractivity contribution in [2.45, 2.75) is 18.9 Å². The number of benzene rings is 1. The molecule has 1 aromatic carbocycles. The zero-order valence-electron chi connectivity index (χ0n) is 10.6. The molecule has 0 spiro atoms. The predicted octanol–water partition coefficient (Wildman–Crippen LogP) is 4.01. The number of methoxy groups -OCH3 is 1. The highest BCUT2D eigenvalue weighted by Gasteiger charge is 2.19. The number of hydrogen-bond acceptors (Lipinski definition) is 4. The van der Waals surface area contributed by atoms with Gasteiger partial charge in [0.1, 0.15) is 10.8 Å². The Hall–Kier alpha value is -0.910. The first-order valence-corrected chi connectivity index (χ1v) is 7.98. The SMILES string of the molecule is COc1ccc(-c2nc([C@@H]3CCCN3)cs2)cc1Br. The third-order valence-corrected chi connectivity index (χ3v) is 4.87. The van der Waals surface area contributed by atoms with Crippen LogP contribution in [0.25, 0.3) is 10.6 Å². The molecule has 1 N–H and O–H groups in total. The summed E-state index contributed by atoms with van der Waals surface area (Å²) in [7, 11) is 1.67. The lowest BCUT2D eigenvalue weighted by Gasteiger charge is -2.06. The Kier molecular flexibility index (Phi) is 3.86. The molecule has 1 atom stereocenters. The first kappa shape index (κ1) is 13.1. The largest absolute Gasteiger partial charge is 0.496 e. The van der Waals surface area contributed by atoms with Crippen LogP contribution in [0.5, 0.6) is 5.75 Å². The molecule has 100 valence electrons. The van der Waals surface area contributed by atoms with Gasteiger partial charge < -0.3 is 10.1 Å². The average molecular weight is 339 g/mol. The minimum atomic E-state index is 0.437. The summed E-state index contributed by atoms with van der Waals surface area (Å²) < 4.78 is 6.21. The molecule has 0 radical (unpaired) electrons. The summed E-state index contributed by atoms with van der Waals surface area (Å²) in [6.45, 7) is 1.10. The highest BCUT2D eigenvalue weighted by molar-refractivity contribution is 9.10. The van der Waals surface area contributed by atoms with E-state index in [0.29, 0.717) is 6.04 Å². The van der Waals surface area contributed by atoms with Crippen LogP contribution >= 0.6 is 27.3 Å². The Labute approximate surface area is 125 Å². The number of hydrogen-bond donors (Lipinski definition) is 1. The molecule has 1 aromatic heterocycles. The van der Waals surface area contributed by atoms with Crippen LogP contribution in [0.3, 0.4) is 0 Å². The zero-order chi connectivity index (χ0) is 13.2. The molecule has 1 aliphatic rings. The van der Waals surface area contributed by atoms with Crippen LogP contribution in [0.4, 0.5) is 0 Å². The lowest BCUT2D eigenvalue weighted by molar-refractivity contribution is 0.412. The van der Waals surface area contributed by atoms with Crippen molar-refractivity contribution >= 4 is 27.3 Å². The fraction of sp³-hybridized carbons (Fsp3) is 0.357. The molecule has 1 aliphatic heterocycles. The molecule has 19 heavy (non-hydrogen) atoms. The Morgan fingerprint density at radius 1 is 1.47 bits per heavy atom. The topological polar surface area (TPSA) is 34.1 Å². The van der Waals surface area contributed by atoms with E-state index in [-0.39, 0.29) is 0 Å². The van der Waals surface area contributed by atoms with Gasteiger partial charge in [-0.1, -0.05) is 0 Å². The second-order valence-electron chi connectivity index (χ2n) is 4.58. The van der Waals surface area contributed by atoms with Crippen LogP contribution in [0, 0.1) is 0 Å². The zero-order valence-corrected chi connectivity index (χ0v) is 13.1. The van der Waals surface area contributed by atoms with Crippen LogP contribution in [0.1, 0.15) is 24.6 Å². The monoisotopic (exact) mass is 338 g/mol. The number of ether oxygens (including phenoxy) is 1. The molecular weight excluding hydrogens is 324 g/mol. The lowest BCUT2D eigenvalue weighted by atomic mass is 10.2. The molecule has 0 aliphatic carbocycles. The van der Waals surface area contributed by atoms with Crippen LogP contribution < -0.4 is 10.1 Å². The molecule has 2 heterocycles. The molecule has 0 unspecified atom stereocenters.